The second kappa shape index (κ2) is 10.7. The van der Waals surface area contributed by atoms with Crippen LogP contribution in [0.2, 0.25) is 0 Å². The van der Waals surface area contributed by atoms with Gasteiger partial charge >= 0.3 is 11.9 Å². The van der Waals surface area contributed by atoms with E-state index >= 15 is 0 Å². The average molecular weight is 361 g/mol. The van der Waals surface area contributed by atoms with Crippen molar-refractivity contribution in [3.05, 3.63) is 59.7 Å². The van der Waals surface area contributed by atoms with Crippen LogP contribution in [0.25, 0.3) is 0 Å². The van der Waals surface area contributed by atoms with Gasteiger partial charge in [0.15, 0.2) is 0 Å². The molecule has 7 heteroatoms. The summed E-state index contributed by atoms with van der Waals surface area (Å²) in [6.45, 7) is 2.91. The second-order valence-corrected chi connectivity index (χ2v) is 5.30. The highest BCUT2D eigenvalue weighted by atomic mass is 16.5. The van der Waals surface area contributed by atoms with Crippen molar-refractivity contribution in [3.8, 4) is 11.5 Å². The van der Waals surface area contributed by atoms with E-state index in [1.54, 1.807) is 14.2 Å². The summed E-state index contributed by atoms with van der Waals surface area (Å²) < 4.78 is 10.6. The molecule has 2 rings (SSSR count). The van der Waals surface area contributed by atoms with Crippen LogP contribution in [-0.2, 0) is 16.1 Å². The summed E-state index contributed by atoms with van der Waals surface area (Å²) in [5.41, 5.74) is 2.40. The number of carboxylic acids is 2. The Labute approximate surface area is 152 Å². The first-order valence-corrected chi connectivity index (χ1v) is 7.84. The van der Waals surface area contributed by atoms with Gasteiger partial charge in [0.05, 0.1) is 14.2 Å². The number of rotatable bonds is 6. The van der Waals surface area contributed by atoms with Gasteiger partial charge in [0, 0.05) is 24.2 Å². The molecule has 0 bridgehead atoms. The lowest BCUT2D eigenvalue weighted by molar-refractivity contribution is -0.159. The molecule has 0 aliphatic heterocycles. The largest absolute Gasteiger partial charge is 0.497 e. The molecule has 2 aromatic rings. The van der Waals surface area contributed by atoms with Crippen molar-refractivity contribution in [2.75, 3.05) is 14.2 Å². The normalized spacial score (nSPS) is 10.9. The van der Waals surface area contributed by atoms with Gasteiger partial charge in [-0.1, -0.05) is 36.4 Å². The maximum Gasteiger partial charge on any atom is 0.414 e. The predicted molar refractivity (Wildman–Crippen MR) is 96.5 cm³/mol. The summed E-state index contributed by atoms with van der Waals surface area (Å²) in [7, 11) is 3.34. The van der Waals surface area contributed by atoms with E-state index in [-0.39, 0.29) is 0 Å². The van der Waals surface area contributed by atoms with Gasteiger partial charge in [-0.25, -0.2) is 9.59 Å². The van der Waals surface area contributed by atoms with Crippen LogP contribution in [0.15, 0.2) is 48.5 Å². The van der Waals surface area contributed by atoms with E-state index in [1.807, 2.05) is 24.3 Å². The zero-order valence-corrected chi connectivity index (χ0v) is 14.9. The Morgan fingerprint density at radius 1 is 1.00 bits per heavy atom. The highest BCUT2D eigenvalue weighted by Gasteiger charge is 2.08. The quantitative estimate of drug-likeness (QED) is 0.679. The van der Waals surface area contributed by atoms with Crippen LogP contribution in [0.5, 0.6) is 11.5 Å². The molecule has 3 N–H and O–H groups in total. The molecule has 2 aromatic carbocycles. The topological polar surface area (TPSA) is 105 Å². The highest BCUT2D eigenvalue weighted by molar-refractivity contribution is 6.27. The summed E-state index contributed by atoms with van der Waals surface area (Å²) in [5, 5.41) is 18.3. The fourth-order valence-electron chi connectivity index (χ4n) is 2.12. The van der Waals surface area contributed by atoms with Crippen LogP contribution >= 0.6 is 0 Å². The summed E-state index contributed by atoms with van der Waals surface area (Å²) in [6, 6.07) is 16.6. The molecular weight excluding hydrogens is 338 g/mol. The summed E-state index contributed by atoms with van der Waals surface area (Å²) in [5.74, 6) is -2.00. The first-order valence-electron chi connectivity index (χ1n) is 7.84. The third-order valence-corrected chi connectivity index (χ3v) is 3.58. The number of methoxy groups -OCH3 is 2. The molecule has 26 heavy (non-hydrogen) atoms. The van der Waals surface area contributed by atoms with Crippen LogP contribution in [-0.4, -0.2) is 36.4 Å². The van der Waals surface area contributed by atoms with Crippen LogP contribution in [0.3, 0.4) is 0 Å². The van der Waals surface area contributed by atoms with Crippen molar-refractivity contribution < 1.29 is 29.3 Å². The van der Waals surface area contributed by atoms with Crippen molar-refractivity contribution >= 4 is 11.9 Å². The SMILES string of the molecule is COc1ccc(CNC(C)c2ccccc2)c(OC)c1.O=C(O)C(=O)O. The molecule has 0 amide bonds. The van der Waals surface area contributed by atoms with Crippen LogP contribution in [0, 0.1) is 0 Å². The Kier molecular flexibility index (Phi) is 8.66. The minimum atomic E-state index is -1.82. The maximum atomic E-state index is 9.10. The van der Waals surface area contributed by atoms with E-state index in [0.717, 1.165) is 23.6 Å². The number of carbonyl (C=O) groups is 2. The van der Waals surface area contributed by atoms with E-state index in [0.29, 0.717) is 6.04 Å². The Morgan fingerprint density at radius 2 is 1.62 bits per heavy atom. The Hall–Kier alpha value is -3.06. The van der Waals surface area contributed by atoms with Crippen molar-refractivity contribution in [1.82, 2.24) is 5.32 Å². The number of aliphatic carboxylic acids is 2. The molecule has 0 saturated heterocycles. The van der Waals surface area contributed by atoms with Crippen LogP contribution < -0.4 is 14.8 Å². The lowest BCUT2D eigenvalue weighted by Crippen LogP contribution is -2.18. The van der Waals surface area contributed by atoms with Crippen molar-refractivity contribution in [1.29, 1.82) is 0 Å². The van der Waals surface area contributed by atoms with Gasteiger partial charge in [0.1, 0.15) is 11.5 Å². The molecule has 7 nitrogen and oxygen atoms in total. The Balaban J connectivity index is 0.000000487. The minimum Gasteiger partial charge on any atom is -0.497 e. The zero-order valence-electron chi connectivity index (χ0n) is 14.9. The minimum absolute atomic E-state index is 0.294. The lowest BCUT2D eigenvalue weighted by atomic mass is 10.1. The fourth-order valence-corrected chi connectivity index (χ4v) is 2.12. The van der Waals surface area contributed by atoms with E-state index in [1.165, 1.54) is 5.56 Å². The van der Waals surface area contributed by atoms with Gasteiger partial charge in [-0.2, -0.15) is 0 Å². The van der Waals surface area contributed by atoms with E-state index in [4.69, 9.17) is 29.3 Å². The van der Waals surface area contributed by atoms with Crippen molar-refractivity contribution in [2.24, 2.45) is 0 Å². The molecule has 1 atom stereocenters. The van der Waals surface area contributed by atoms with Gasteiger partial charge in [0.25, 0.3) is 0 Å². The molecule has 0 fully saturated rings. The average Bonchev–Trinajstić information content (AvgIpc) is 2.67. The Morgan fingerprint density at radius 3 is 2.12 bits per heavy atom. The van der Waals surface area contributed by atoms with Gasteiger partial charge in [-0.15, -0.1) is 0 Å². The number of hydrogen-bond donors (Lipinski definition) is 3. The molecule has 0 aliphatic carbocycles. The maximum absolute atomic E-state index is 9.10. The molecule has 1 unspecified atom stereocenters. The Bertz CT molecular complexity index is 705. The number of hydrogen-bond acceptors (Lipinski definition) is 5. The molecular formula is C19H23NO6. The van der Waals surface area contributed by atoms with E-state index in [9.17, 15) is 0 Å². The molecule has 0 aromatic heterocycles. The number of carboxylic acid groups (broad SMARTS) is 2. The molecule has 0 saturated carbocycles. The lowest BCUT2D eigenvalue weighted by Gasteiger charge is -2.16. The zero-order chi connectivity index (χ0) is 19.5. The first kappa shape index (κ1) is 21.0. The van der Waals surface area contributed by atoms with E-state index in [2.05, 4.69) is 36.5 Å². The third-order valence-electron chi connectivity index (χ3n) is 3.58. The van der Waals surface area contributed by atoms with Crippen LogP contribution in [0.4, 0.5) is 0 Å². The number of benzene rings is 2. The van der Waals surface area contributed by atoms with Crippen molar-refractivity contribution in [2.45, 2.75) is 19.5 Å². The first-order chi connectivity index (χ1) is 12.4. The second-order valence-electron chi connectivity index (χ2n) is 5.30. The molecule has 0 heterocycles. The van der Waals surface area contributed by atoms with Gasteiger partial charge in [-0.05, 0) is 18.6 Å². The predicted octanol–water partition coefficient (Wildman–Crippen LogP) is 2.71. The highest BCUT2D eigenvalue weighted by Crippen LogP contribution is 2.25. The third kappa shape index (κ3) is 6.82. The number of ether oxygens (including phenoxy) is 2. The van der Waals surface area contributed by atoms with Gasteiger partial charge in [0.2, 0.25) is 0 Å². The van der Waals surface area contributed by atoms with E-state index < -0.39 is 11.9 Å². The molecule has 140 valence electrons. The molecule has 0 spiro atoms. The molecule has 0 aliphatic rings. The number of nitrogens with one attached hydrogen (secondary N) is 1. The summed E-state index contributed by atoms with van der Waals surface area (Å²) in [4.78, 5) is 18.2. The monoisotopic (exact) mass is 361 g/mol. The van der Waals surface area contributed by atoms with Crippen LogP contribution in [0.1, 0.15) is 24.1 Å². The van der Waals surface area contributed by atoms with Gasteiger partial charge in [-0.3, -0.25) is 0 Å². The molecule has 0 radical (unpaired) electrons. The summed E-state index contributed by atoms with van der Waals surface area (Å²) >= 11 is 0. The van der Waals surface area contributed by atoms with Crippen molar-refractivity contribution in [3.63, 3.8) is 0 Å². The fraction of sp³-hybridized carbons (Fsp3) is 0.263. The van der Waals surface area contributed by atoms with Gasteiger partial charge < -0.3 is 25.0 Å². The standard InChI is InChI=1S/C17H21NO2.C2H2O4/c1-13(14-7-5-4-6-8-14)18-12-15-9-10-16(19-2)11-17(15)20-3;3-1(4)2(5)6/h4-11,13,18H,12H2,1-3H3;(H,3,4)(H,5,6). The summed E-state index contributed by atoms with van der Waals surface area (Å²) in [6.07, 6.45) is 0. The smallest absolute Gasteiger partial charge is 0.414 e.